The van der Waals surface area contributed by atoms with E-state index in [-0.39, 0.29) is 56.5 Å². The summed E-state index contributed by atoms with van der Waals surface area (Å²) in [6.07, 6.45) is 0. The summed E-state index contributed by atoms with van der Waals surface area (Å²) in [7, 11) is -2.62. The Kier molecular flexibility index (Phi) is 26.6. The predicted molar refractivity (Wildman–Crippen MR) is 26.2 cm³/mol. The third kappa shape index (κ3) is 35.9. The zero-order valence-electron chi connectivity index (χ0n) is 4.07. The summed E-state index contributed by atoms with van der Waals surface area (Å²) in [5.41, 5.74) is 0. The van der Waals surface area contributed by atoms with Gasteiger partial charge in [0.15, 0.2) is 0 Å². The van der Waals surface area contributed by atoms with Crippen LogP contribution < -0.4 is 0 Å². The second kappa shape index (κ2) is 10.2. The van der Waals surface area contributed by atoms with E-state index in [1.165, 1.54) is 0 Å². The van der Waals surface area contributed by atoms with E-state index in [1.54, 1.807) is 0 Å². The van der Waals surface area contributed by atoms with Crippen molar-refractivity contribution in [3.8, 4) is 0 Å². The average molecular weight is 150 g/mol. The van der Waals surface area contributed by atoms with Crippen LogP contribution in [0.2, 0.25) is 0 Å². The van der Waals surface area contributed by atoms with E-state index >= 15 is 0 Å². The molecule has 0 bridgehead atoms. The van der Waals surface area contributed by atoms with E-state index in [9.17, 15) is 0 Å². The fourth-order valence-corrected chi connectivity index (χ4v) is 0. The van der Waals surface area contributed by atoms with Crippen molar-refractivity contribution in [3.63, 3.8) is 0 Å². The molecule has 0 spiro atoms. The van der Waals surface area contributed by atoms with Crippen LogP contribution in [0.15, 0.2) is 0 Å². The Morgan fingerprint density at radius 2 is 1.17 bits per heavy atom. The van der Waals surface area contributed by atoms with Gasteiger partial charge in [0, 0.05) is 0 Å². The Morgan fingerprint density at radius 1 is 1.17 bits per heavy atom. The van der Waals surface area contributed by atoms with Crippen molar-refractivity contribution in [2.24, 2.45) is 0 Å². The summed E-state index contributed by atoms with van der Waals surface area (Å²) in [6.45, 7) is 0. The fraction of sp³-hybridized carbons (Fsp3) is 0. The molecule has 6 heavy (non-hydrogen) atoms. The molecule has 0 unspecified atom stereocenters. The summed E-state index contributed by atoms with van der Waals surface area (Å²) in [5, 5.41) is 0. The SMILES string of the molecule is OP(O)O.[Al+3].[Ca+2].[H+]. The summed E-state index contributed by atoms with van der Waals surface area (Å²) in [5.74, 6) is 0. The van der Waals surface area contributed by atoms with Crippen molar-refractivity contribution in [3.05, 3.63) is 0 Å². The molecule has 0 aromatic carbocycles. The first-order valence-corrected chi connectivity index (χ1v) is 1.80. The van der Waals surface area contributed by atoms with Crippen molar-refractivity contribution >= 4 is 63.7 Å². The second-order valence-corrected chi connectivity index (χ2v) is 0.805. The first-order valence-electron chi connectivity index (χ1n) is 0.600. The van der Waals surface area contributed by atoms with Crippen LogP contribution in [0.1, 0.15) is 1.43 Å². The molecule has 0 fully saturated rings. The maximum Gasteiger partial charge on any atom is 3.00 e. The quantitative estimate of drug-likeness (QED) is 0.292. The minimum atomic E-state index is -2.62. The van der Waals surface area contributed by atoms with Crippen LogP contribution in [0.3, 0.4) is 0 Å². The van der Waals surface area contributed by atoms with Crippen molar-refractivity contribution in [2.45, 2.75) is 0 Å². The van der Waals surface area contributed by atoms with E-state index in [4.69, 9.17) is 14.7 Å². The Hall–Kier alpha value is 2.10. The molecule has 0 amide bonds. The van der Waals surface area contributed by atoms with E-state index in [1.807, 2.05) is 0 Å². The molecule has 0 rings (SSSR count). The van der Waals surface area contributed by atoms with Crippen LogP contribution in [0.25, 0.3) is 0 Å². The van der Waals surface area contributed by atoms with Crippen LogP contribution in [-0.2, 0) is 0 Å². The molecule has 0 saturated carbocycles. The number of rotatable bonds is 0. The van der Waals surface area contributed by atoms with Gasteiger partial charge in [-0.15, -0.1) is 0 Å². The minimum absolute atomic E-state index is 0. The van der Waals surface area contributed by atoms with Crippen LogP contribution in [0.4, 0.5) is 0 Å². The molecular formula is H4AlCaO3P+6. The van der Waals surface area contributed by atoms with E-state index in [0.29, 0.717) is 0 Å². The van der Waals surface area contributed by atoms with Gasteiger partial charge >= 0.3 is 65.1 Å². The summed E-state index contributed by atoms with van der Waals surface area (Å²) < 4.78 is 0. The van der Waals surface area contributed by atoms with Crippen molar-refractivity contribution in [1.82, 2.24) is 0 Å². The summed E-state index contributed by atoms with van der Waals surface area (Å²) >= 11 is 0. The van der Waals surface area contributed by atoms with Crippen LogP contribution in [0, 0.1) is 0 Å². The third-order valence-electron chi connectivity index (χ3n) is 0. The van der Waals surface area contributed by atoms with Gasteiger partial charge in [-0.3, -0.25) is 0 Å². The van der Waals surface area contributed by atoms with Crippen LogP contribution >= 0.6 is 8.60 Å². The van der Waals surface area contributed by atoms with Crippen LogP contribution in [-0.4, -0.2) is 69.8 Å². The van der Waals surface area contributed by atoms with Gasteiger partial charge in [-0.25, -0.2) is 0 Å². The van der Waals surface area contributed by atoms with E-state index < -0.39 is 8.60 Å². The van der Waals surface area contributed by atoms with Crippen LogP contribution in [0.5, 0.6) is 0 Å². The fourth-order valence-electron chi connectivity index (χ4n) is 0. The maximum atomic E-state index is 7.23. The molecule has 0 saturated heterocycles. The standard InChI is InChI=1S/Al.Ca.H3O3P/c;;1-4(2)3/h;;1-3H/q+3;+2;/p+1. The largest absolute Gasteiger partial charge is 3.00 e. The molecule has 3 N–H and O–H groups in total. The Bertz CT molecular complexity index is 19.7. The molecule has 0 aliphatic heterocycles. The van der Waals surface area contributed by atoms with Gasteiger partial charge in [-0.05, 0) is 0 Å². The smallest absolute Gasteiger partial charge is 0.328 e. The molecule has 0 radical (unpaired) electrons. The molecular weight excluding hydrogens is 146 g/mol. The van der Waals surface area contributed by atoms with Gasteiger partial charge in [-0.2, -0.15) is 0 Å². The normalized spacial score (nSPS) is 6.00. The number of hydrogen-bond acceptors (Lipinski definition) is 3. The first kappa shape index (κ1) is 15.7. The van der Waals surface area contributed by atoms with Gasteiger partial charge in [0.1, 0.15) is 0 Å². The predicted octanol–water partition coefficient (Wildman–Crippen LogP) is -1.46. The van der Waals surface area contributed by atoms with Gasteiger partial charge in [0.2, 0.25) is 0 Å². The minimum Gasteiger partial charge on any atom is -0.328 e. The molecule has 0 aliphatic carbocycles. The number of hydrogen-bond donors (Lipinski definition) is 3. The Balaban J connectivity index is -0.0000000150. The van der Waals surface area contributed by atoms with Gasteiger partial charge in [0.25, 0.3) is 0 Å². The zero-order chi connectivity index (χ0) is 3.58. The summed E-state index contributed by atoms with van der Waals surface area (Å²) in [4.78, 5) is 21.7. The molecule has 0 aromatic heterocycles. The Labute approximate surface area is 79.0 Å². The maximum absolute atomic E-state index is 7.23. The average Bonchev–Trinajstić information content (AvgIpc) is 0.811. The topological polar surface area (TPSA) is 60.7 Å². The molecule has 0 aliphatic rings. The first-order chi connectivity index (χ1) is 1.73. The van der Waals surface area contributed by atoms with Crippen molar-refractivity contribution in [2.75, 3.05) is 0 Å². The molecule has 26 valence electrons. The van der Waals surface area contributed by atoms with Crippen molar-refractivity contribution < 1.29 is 16.1 Å². The van der Waals surface area contributed by atoms with Crippen molar-refractivity contribution in [1.29, 1.82) is 0 Å². The van der Waals surface area contributed by atoms with E-state index in [0.717, 1.165) is 0 Å². The van der Waals surface area contributed by atoms with Gasteiger partial charge < -0.3 is 14.7 Å². The monoisotopic (exact) mass is 150 g/mol. The second-order valence-electron chi connectivity index (χ2n) is 0.268. The Morgan fingerprint density at radius 3 is 1.17 bits per heavy atom. The molecule has 6 heteroatoms. The van der Waals surface area contributed by atoms with Gasteiger partial charge in [0.05, 0.1) is 0 Å². The van der Waals surface area contributed by atoms with Gasteiger partial charge in [-0.1, -0.05) is 0 Å². The summed E-state index contributed by atoms with van der Waals surface area (Å²) in [6, 6.07) is 0. The molecule has 0 atom stereocenters. The molecule has 0 aromatic rings. The molecule has 0 heterocycles. The molecule has 3 nitrogen and oxygen atoms in total. The van der Waals surface area contributed by atoms with E-state index in [2.05, 4.69) is 0 Å². The zero-order valence-corrected chi connectivity index (χ0v) is 7.33. The third-order valence-corrected chi connectivity index (χ3v) is 0.